The molecule has 0 saturated heterocycles. The van der Waals surface area contributed by atoms with Crippen LogP contribution >= 0.6 is 42.6 Å². The Morgan fingerprint density at radius 3 is 2.15 bits per heavy atom. The summed E-state index contributed by atoms with van der Waals surface area (Å²) in [7, 11) is 1.21. The molecule has 0 heterocycles. The van der Waals surface area contributed by atoms with Gasteiger partial charge in [0.05, 0.1) is 50.8 Å². The lowest BCUT2D eigenvalue weighted by Crippen LogP contribution is -2.42. The van der Waals surface area contributed by atoms with E-state index in [0.29, 0.717) is 33.3 Å². The number of carboxylic acids is 1. The van der Waals surface area contributed by atoms with Crippen molar-refractivity contribution < 1.29 is 37.6 Å². The van der Waals surface area contributed by atoms with Crippen molar-refractivity contribution in [1.82, 2.24) is 0 Å². The van der Waals surface area contributed by atoms with Crippen LogP contribution < -0.4 is 4.74 Å². The van der Waals surface area contributed by atoms with Gasteiger partial charge in [-0.2, -0.15) is 0 Å². The molecule has 0 aromatic heterocycles. The molecular weight excluding hydrogens is 516 g/mol. The van der Waals surface area contributed by atoms with Gasteiger partial charge in [0.25, 0.3) is 0 Å². The average Bonchev–Trinajstić information content (AvgIpc) is 2.66. The van der Waals surface area contributed by atoms with E-state index in [1.165, 1.54) is 0 Å². The first-order chi connectivity index (χ1) is 15.3. The van der Waals surface area contributed by atoms with Crippen molar-refractivity contribution in [3.05, 3.63) is 27.2 Å². The fourth-order valence-electron chi connectivity index (χ4n) is 3.05. The molecule has 2 N–H and O–H groups in total. The maximum atomic E-state index is 12.2. The van der Waals surface area contributed by atoms with Gasteiger partial charge in [-0.15, -0.1) is 0 Å². The van der Waals surface area contributed by atoms with E-state index in [0.717, 1.165) is 32.1 Å². The summed E-state index contributed by atoms with van der Waals surface area (Å²) >= 11 is 18.0. The van der Waals surface area contributed by atoms with Crippen LogP contribution in [0.15, 0.2) is 12.1 Å². The SMILES string of the molecule is C[N+](C)(C)C[C@@H](CC(=O)O)OP(=O)(O)OCCCCCCCCOc1ccc(Cl)c(Cl)c1Cl. The smallest absolute Gasteiger partial charge is 0.472 e. The number of likely N-dealkylation sites (N-methyl/N-ethyl adjacent to an activating group) is 1. The van der Waals surface area contributed by atoms with Crippen molar-refractivity contribution in [3.8, 4) is 5.75 Å². The molecule has 0 spiro atoms. The summed E-state index contributed by atoms with van der Waals surface area (Å²) in [6.45, 7) is 0.842. The summed E-state index contributed by atoms with van der Waals surface area (Å²) in [5.41, 5.74) is 0. The predicted molar refractivity (Wildman–Crippen MR) is 130 cm³/mol. The van der Waals surface area contributed by atoms with Crippen LogP contribution in [0.5, 0.6) is 5.75 Å². The second kappa shape index (κ2) is 14.7. The van der Waals surface area contributed by atoms with E-state index in [9.17, 15) is 14.3 Å². The molecule has 1 aromatic rings. The molecule has 1 unspecified atom stereocenters. The van der Waals surface area contributed by atoms with Gasteiger partial charge in [0.2, 0.25) is 0 Å². The van der Waals surface area contributed by atoms with Crippen LogP contribution in [0.1, 0.15) is 44.9 Å². The number of halogens is 3. The van der Waals surface area contributed by atoms with Crippen molar-refractivity contribution >= 4 is 48.6 Å². The number of rotatable bonds is 17. The Morgan fingerprint density at radius 2 is 1.58 bits per heavy atom. The van der Waals surface area contributed by atoms with Crippen LogP contribution in [0.3, 0.4) is 0 Å². The van der Waals surface area contributed by atoms with Crippen LogP contribution in [0.2, 0.25) is 15.1 Å². The third kappa shape index (κ3) is 13.8. The Hall–Kier alpha value is -0.570. The minimum Gasteiger partial charge on any atom is -0.492 e. The molecule has 0 aliphatic carbocycles. The van der Waals surface area contributed by atoms with Gasteiger partial charge in [0, 0.05) is 0 Å². The van der Waals surface area contributed by atoms with E-state index < -0.39 is 19.9 Å². The van der Waals surface area contributed by atoms with Crippen molar-refractivity contribution in [3.63, 3.8) is 0 Å². The fraction of sp³-hybridized carbons (Fsp3) is 0.667. The third-order valence-corrected chi connectivity index (χ3v) is 6.84. The molecule has 0 fully saturated rings. The molecule has 0 aliphatic rings. The monoisotopic (exact) mass is 548 g/mol. The lowest BCUT2D eigenvalue weighted by Gasteiger charge is -2.29. The highest BCUT2D eigenvalue weighted by molar-refractivity contribution is 7.47. The standard InChI is InChI=1S/C21H33Cl3NO7P/c1-25(2,3)15-16(14-19(26)27)32-33(28,29)31-13-9-7-5-4-6-8-12-30-18-11-10-17(22)20(23)21(18)24/h10-11,16H,4-9,12-15H2,1-3H3,(H-,26,27,28,29)/p+1/t16-/m1/s1. The number of hydrogen-bond acceptors (Lipinski definition) is 5. The number of quaternary nitrogens is 1. The molecule has 33 heavy (non-hydrogen) atoms. The molecule has 1 rings (SSSR count). The predicted octanol–water partition coefficient (Wildman–Crippen LogP) is 6.05. The molecule has 0 aliphatic heterocycles. The van der Waals surface area contributed by atoms with E-state index in [-0.39, 0.29) is 24.6 Å². The number of phosphoric ester groups is 1. The Kier molecular flexibility index (Phi) is 13.6. The van der Waals surface area contributed by atoms with Crippen LogP contribution in [0.4, 0.5) is 0 Å². The van der Waals surface area contributed by atoms with E-state index in [1.807, 2.05) is 21.1 Å². The van der Waals surface area contributed by atoms with Crippen molar-refractivity contribution in [1.29, 1.82) is 0 Å². The number of ether oxygens (including phenoxy) is 1. The first-order valence-corrected chi connectivity index (χ1v) is 13.4. The van der Waals surface area contributed by atoms with Crippen LogP contribution in [-0.4, -0.2) is 67.5 Å². The maximum absolute atomic E-state index is 12.2. The number of nitrogens with zero attached hydrogens (tertiary/aromatic N) is 1. The average molecular weight is 550 g/mol. The molecule has 0 radical (unpaired) electrons. The number of aliphatic carboxylic acids is 1. The largest absolute Gasteiger partial charge is 0.492 e. The Balaban J connectivity index is 2.18. The number of carbonyl (C=O) groups is 1. The first-order valence-electron chi connectivity index (χ1n) is 10.7. The molecule has 2 atom stereocenters. The van der Waals surface area contributed by atoms with Gasteiger partial charge in [-0.05, 0) is 25.0 Å². The van der Waals surface area contributed by atoms with Crippen molar-refractivity contribution in [2.75, 3.05) is 40.9 Å². The third-order valence-electron chi connectivity index (χ3n) is 4.49. The normalized spacial score (nSPS) is 14.6. The quantitative estimate of drug-likeness (QED) is 0.106. The maximum Gasteiger partial charge on any atom is 0.472 e. The molecule has 0 bridgehead atoms. The molecular formula is C21H34Cl3NO7P+. The van der Waals surface area contributed by atoms with Gasteiger partial charge < -0.3 is 19.2 Å². The number of hydrogen-bond donors (Lipinski definition) is 2. The lowest BCUT2D eigenvalue weighted by atomic mass is 10.1. The highest BCUT2D eigenvalue weighted by Crippen LogP contribution is 2.45. The summed E-state index contributed by atoms with van der Waals surface area (Å²) in [6.07, 6.45) is 3.88. The molecule has 1 aromatic carbocycles. The van der Waals surface area contributed by atoms with Gasteiger partial charge in [-0.1, -0.05) is 60.5 Å². The van der Waals surface area contributed by atoms with E-state index >= 15 is 0 Å². The number of unbranched alkanes of at least 4 members (excludes halogenated alkanes) is 5. The minimum absolute atomic E-state index is 0.0663. The van der Waals surface area contributed by atoms with E-state index in [2.05, 4.69) is 0 Å². The zero-order chi connectivity index (χ0) is 25.1. The fourth-order valence-corrected chi connectivity index (χ4v) is 4.57. The van der Waals surface area contributed by atoms with Gasteiger partial charge in [0.15, 0.2) is 0 Å². The topological polar surface area (TPSA) is 102 Å². The van der Waals surface area contributed by atoms with Gasteiger partial charge >= 0.3 is 13.8 Å². The van der Waals surface area contributed by atoms with Crippen LogP contribution in [0, 0.1) is 0 Å². The Labute approximate surface area is 210 Å². The molecule has 190 valence electrons. The number of benzene rings is 1. The number of carboxylic acid groups (broad SMARTS) is 1. The summed E-state index contributed by atoms with van der Waals surface area (Å²) in [5.74, 6) is -0.593. The minimum atomic E-state index is -4.32. The van der Waals surface area contributed by atoms with Crippen molar-refractivity contribution in [2.45, 2.75) is 51.0 Å². The molecule has 12 heteroatoms. The van der Waals surface area contributed by atoms with E-state index in [4.69, 9.17) is 53.7 Å². The Morgan fingerprint density at radius 1 is 1.00 bits per heavy atom. The summed E-state index contributed by atoms with van der Waals surface area (Å²) in [4.78, 5) is 20.9. The summed E-state index contributed by atoms with van der Waals surface area (Å²) in [5, 5.41) is 9.96. The Bertz CT molecular complexity index is 805. The van der Waals surface area contributed by atoms with E-state index in [1.54, 1.807) is 12.1 Å². The molecule has 0 saturated carbocycles. The summed E-state index contributed by atoms with van der Waals surface area (Å²) in [6, 6.07) is 3.33. The van der Waals surface area contributed by atoms with Crippen LogP contribution in [-0.2, 0) is 18.4 Å². The lowest BCUT2D eigenvalue weighted by molar-refractivity contribution is -0.873. The van der Waals surface area contributed by atoms with Gasteiger partial charge in [-0.25, -0.2) is 4.57 Å². The zero-order valence-electron chi connectivity index (χ0n) is 19.3. The van der Waals surface area contributed by atoms with Crippen LogP contribution in [0.25, 0.3) is 0 Å². The zero-order valence-corrected chi connectivity index (χ0v) is 22.4. The second-order valence-corrected chi connectivity index (χ2v) is 11.3. The first kappa shape index (κ1) is 30.5. The molecule has 8 nitrogen and oxygen atoms in total. The van der Waals surface area contributed by atoms with Gasteiger partial charge in [0.1, 0.15) is 23.4 Å². The summed E-state index contributed by atoms with van der Waals surface area (Å²) < 4.78 is 28.3. The highest BCUT2D eigenvalue weighted by atomic mass is 35.5. The van der Waals surface area contributed by atoms with Crippen molar-refractivity contribution in [2.24, 2.45) is 0 Å². The second-order valence-electron chi connectivity index (χ2n) is 8.74. The molecule has 0 amide bonds. The highest BCUT2D eigenvalue weighted by Gasteiger charge is 2.31. The number of phosphoric acid groups is 1. The van der Waals surface area contributed by atoms with Gasteiger partial charge in [-0.3, -0.25) is 13.8 Å².